The van der Waals surface area contributed by atoms with Crippen LogP contribution in [-0.4, -0.2) is 60.0 Å². The van der Waals surface area contributed by atoms with Crippen LogP contribution in [0.15, 0.2) is 30.3 Å². The molecule has 2 aromatic rings. The third kappa shape index (κ3) is 3.29. The van der Waals surface area contributed by atoms with Crippen LogP contribution in [0.2, 0.25) is 0 Å². The maximum Gasteiger partial charge on any atom is 0.272 e. The number of aromatic nitrogens is 1. The van der Waals surface area contributed by atoms with Crippen LogP contribution in [0, 0.1) is 0 Å². The zero-order valence-corrected chi connectivity index (χ0v) is 13.8. The number of hydrogen-bond acceptors (Lipinski definition) is 4. The Bertz CT molecular complexity index is 694. The smallest absolute Gasteiger partial charge is 0.272 e. The summed E-state index contributed by atoms with van der Waals surface area (Å²) < 4.78 is 5.71. The summed E-state index contributed by atoms with van der Waals surface area (Å²) in [7, 11) is 0. The predicted molar refractivity (Wildman–Crippen MR) is 90.9 cm³/mol. The Kier molecular flexibility index (Phi) is 4.76. The van der Waals surface area contributed by atoms with Gasteiger partial charge in [0.15, 0.2) is 0 Å². The van der Waals surface area contributed by atoms with E-state index in [4.69, 9.17) is 4.74 Å². The summed E-state index contributed by atoms with van der Waals surface area (Å²) in [5.74, 6) is 0.723. The number of amides is 1. The lowest BCUT2D eigenvalue weighted by Gasteiger charge is -2.33. The van der Waals surface area contributed by atoms with Crippen LogP contribution < -0.4 is 4.74 Å². The topological polar surface area (TPSA) is 45.7 Å². The van der Waals surface area contributed by atoms with Crippen molar-refractivity contribution < 1.29 is 9.53 Å². The van der Waals surface area contributed by atoms with E-state index in [2.05, 4.69) is 16.8 Å². The number of benzene rings is 1. The minimum absolute atomic E-state index is 0.00698. The second-order valence-corrected chi connectivity index (χ2v) is 5.68. The zero-order chi connectivity index (χ0) is 16.2. The molecule has 122 valence electrons. The lowest BCUT2D eigenvalue weighted by molar-refractivity contribution is 0.0637. The van der Waals surface area contributed by atoms with Gasteiger partial charge in [0, 0.05) is 37.6 Å². The molecule has 0 atom stereocenters. The molecule has 1 saturated heterocycles. The summed E-state index contributed by atoms with van der Waals surface area (Å²) in [6, 6.07) is 9.56. The van der Waals surface area contributed by atoms with Crippen LogP contribution in [0.5, 0.6) is 5.75 Å². The Morgan fingerprint density at radius 2 is 1.91 bits per heavy atom. The molecule has 5 nitrogen and oxygen atoms in total. The van der Waals surface area contributed by atoms with Crippen LogP contribution in [0.25, 0.3) is 10.9 Å². The third-order valence-electron chi connectivity index (χ3n) is 4.30. The highest BCUT2D eigenvalue weighted by molar-refractivity contribution is 5.97. The highest BCUT2D eigenvalue weighted by Gasteiger charge is 2.23. The molecule has 5 heteroatoms. The average Bonchev–Trinajstić information content (AvgIpc) is 2.61. The quantitative estimate of drug-likeness (QED) is 0.869. The SMILES string of the molecule is CCOc1cc(C(=O)N2CCN(CC)CC2)nc2ccccc12. The standard InChI is InChI=1S/C18H23N3O2/c1-3-20-9-11-21(12-10-20)18(22)16-13-17(23-4-2)14-7-5-6-8-15(14)19-16/h5-8,13H,3-4,9-12H2,1-2H3. The maximum absolute atomic E-state index is 12.8. The average molecular weight is 313 g/mol. The van der Waals surface area contributed by atoms with Gasteiger partial charge in [0.25, 0.3) is 5.91 Å². The fourth-order valence-corrected chi connectivity index (χ4v) is 2.96. The zero-order valence-electron chi connectivity index (χ0n) is 13.8. The van der Waals surface area contributed by atoms with Gasteiger partial charge in [-0.15, -0.1) is 0 Å². The van der Waals surface area contributed by atoms with Gasteiger partial charge in [0.1, 0.15) is 11.4 Å². The molecule has 1 fully saturated rings. The molecule has 2 heterocycles. The molecule has 0 radical (unpaired) electrons. The molecule has 1 aromatic heterocycles. The highest BCUT2D eigenvalue weighted by Crippen LogP contribution is 2.26. The van der Waals surface area contributed by atoms with Gasteiger partial charge in [-0.3, -0.25) is 4.79 Å². The van der Waals surface area contributed by atoms with Crippen molar-refractivity contribution in [2.45, 2.75) is 13.8 Å². The summed E-state index contributed by atoms with van der Waals surface area (Å²) in [5, 5.41) is 0.946. The molecule has 0 bridgehead atoms. The fourth-order valence-electron chi connectivity index (χ4n) is 2.96. The molecule has 0 aliphatic carbocycles. The summed E-state index contributed by atoms with van der Waals surface area (Å²) in [6.07, 6.45) is 0. The van der Waals surface area contributed by atoms with Crippen molar-refractivity contribution in [3.63, 3.8) is 0 Å². The van der Waals surface area contributed by atoms with Crippen LogP contribution in [-0.2, 0) is 0 Å². The molecule has 0 N–H and O–H groups in total. The number of para-hydroxylation sites is 1. The molecular formula is C18H23N3O2. The number of rotatable bonds is 4. The molecule has 0 saturated carbocycles. The molecule has 23 heavy (non-hydrogen) atoms. The number of ether oxygens (including phenoxy) is 1. The van der Waals surface area contributed by atoms with E-state index in [1.54, 1.807) is 6.07 Å². The van der Waals surface area contributed by atoms with Gasteiger partial charge in [-0.05, 0) is 25.6 Å². The Morgan fingerprint density at radius 3 is 2.61 bits per heavy atom. The number of likely N-dealkylation sites (N-methyl/N-ethyl adjacent to an activating group) is 1. The Balaban J connectivity index is 1.88. The van der Waals surface area contributed by atoms with Crippen molar-refractivity contribution in [2.24, 2.45) is 0 Å². The van der Waals surface area contributed by atoms with Crippen molar-refractivity contribution in [1.82, 2.24) is 14.8 Å². The first kappa shape index (κ1) is 15.7. The lowest BCUT2D eigenvalue weighted by Crippen LogP contribution is -2.48. The van der Waals surface area contributed by atoms with Gasteiger partial charge in [0.05, 0.1) is 12.1 Å². The number of nitrogens with zero attached hydrogens (tertiary/aromatic N) is 3. The second kappa shape index (κ2) is 6.96. The van der Waals surface area contributed by atoms with Crippen molar-refractivity contribution in [3.8, 4) is 5.75 Å². The summed E-state index contributed by atoms with van der Waals surface area (Å²) in [6.45, 7) is 9.05. The third-order valence-corrected chi connectivity index (χ3v) is 4.30. The number of hydrogen-bond donors (Lipinski definition) is 0. The number of pyridine rings is 1. The van der Waals surface area contributed by atoms with Gasteiger partial charge >= 0.3 is 0 Å². The largest absolute Gasteiger partial charge is 0.493 e. The lowest BCUT2D eigenvalue weighted by atomic mass is 10.1. The number of fused-ring (bicyclic) bond motifs is 1. The first-order valence-corrected chi connectivity index (χ1v) is 8.27. The normalized spacial score (nSPS) is 15.8. The van der Waals surface area contributed by atoms with Crippen LogP contribution in [0.4, 0.5) is 0 Å². The van der Waals surface area contributed by atoms with E-state index in [0.29, 0.717) is 12.3 Å². The molecular weight excluding hydrogens is 290 g/mol. The first-order chi connectivity index (χ1) is 11.2. The van der Waals surface area contributed by atoms with E-state index in [9.17, 15) is 4.79 Å². The Labute approximate surface area is 136 Å². The monoisotopic (exact) mass is 313 g/mol. The molecule has 1 aliphatic rings. The summed E-state index contributed by atoms with van der Waals surface area (Å²) in [5.41, 5.74) is 1.27. The van der Waals surface area contributed by atoms with Gasteiger partial charge < -0.3 is 14.5 Å². The Morgan fingerprint density at radius 1 is 1.17 bits per heavy atom. The van der Waals surface area contributed by atoms with Crippen molar-refractivity contribution in [1.29, 1.82) is 0 Å². The number of piperazine rings is 1. The fraction of sp³-hybridized carbons (Fsp3) is 0.444. The Hall–Kier alpha value is -2.14. The minimum Gasteiger partial charge on any atom is -0.493 e. The van der Waals surface area contributed by atoms with Crippen molar-refractivity contribution in [3.05, 3.63) is 36.0 Å². The number of carbonyl (C=O) groups is 1. The van der Waals surface area contributed by atoms with Gasteiger partial charge in [-0.25, -0.2) is 4.98 Å². The molecule has 1 aliphatic heterocycles. The predicted octanol–water partition coefficient (Wildman–Crippen LogP) is 2.41. The molecule has 0 unspecified atom stereocenters. The van der Waals surface area contributed by atoms with Gasteiger partial charge in [0.2, 0.25) is 0 Å². The number of carbonyl (C=O) groups excluding carboxylic acids is 1. The molecule has 1 amide bonds. The van der Waals surface area contributed by atoms with Gasteiger partial charge in [-0.1, -0.05) is 19.1 Å². The molecule has 0 spiro atoms. The van der Waals surface area contributed by atoms with E-state index in [1.807, 2.05) is 36.1 Å². The molecule has 3 rings (SSSR count). The van der Waals surface area contributed by atoms with Crippen LogP contribution in [0.1, 0.15) is 24.3 Å². The van der Waals surface area contributed by atoms with Gasteiger partial charge in [-0.2, -0.15) is 0 Å². The van der Waals surface area contributed by atoms with Crippen LogP contribution in [0.3, 0.4) is 0 Å². The van der Waals surface area contributed by atoms with E-state index in [-0.39, 0.29) is 5.91 Å². The molecule has 1 aromatic carbocycles. The highest BCUT2D eigenvalue weighted by atomic mass is 16.5. The van der Waals surface area contributed by atoms with Crippen molar-refractivity contribution in [2.75, 3.05) is 39.3 Å². The summed E-state index contributed by atoms with van der Waals surface area (Å²) >= 11 is 0. The van der Waals surface area contributed by atoms with Crippen LogP contribution >= 0.6 is 0 Å². The van der Waals surface area contributed by atoms with E-state index < -0.39 is 0 Å². The second-order valence-electron chi connectivity index (χ2n) is 5.68. The minimum atomic E-state index is -0.00698. The maximum atomic E-state index is 12.8. The summed E-state index contributed by atoms with van der Waals surface area (Å²) in [4.78, 5) is 21.6. The first-order valence-electron chi connectivity index (χ1n) is 8.27. The van der Waals surface area contributed by atoms with E-state index >= 15 is 0 Å². The van der Waals surface area contributed by atoms with E-state index in [1.165, 1.54) is 0 Å². The van der Waals surface area contributed by atoms with Crippen molar-refractivity contribution >= 4 is 16.8 Å². The van der Waals surface area contributed by atoms with E-state index in [0.717, 1.165) is 49.4 Å².